The number of nitrogens with zero attached hydrogens (tertiary/aromatic N) is 5. The van der Waals surface area contributed by atoms with E-state index in [0.29, 0.717) is 23.2 Å². The van der Waals surface area contributed by atoms with Gasteiger partial charge in [0.05, 0.1) is 18.2 Å². The number of alkyl halides is 2. The molecular weight excluding hydrogens is 420 g/mol. The molecule has 32 heavy (non-hydrogen) atoms. The second-order valence-corrected chi connectivity index (χ2v) is 7.89. The Morgan fingerprint density at radius 2 is 2.03 bits per heavy atom. The van der Waals surface area contributed by atoms with E-state index in [1.165, 1.54) is 19.4 Å². The van der Waals surface area contributed by atoms with Gasteiger partial charge >= 0.3 is 6.01 Å². The third-order valence-corrected chi connectivity index (χ3v) is 5.24. The molecule has 2 aromatic heterocycles. The van der Waals surface area contributed by atoms with E-state index in [1.807, 2.05) is 6.07 Å². The predicted octanol–water partition coefficient (Wildman–Crippen LogP) is 2.54. The maximum Gasteiger partial charge on any atom is 0.316 e. The van der Waals surface area contributed by atoms with Crippen LogP contribution in [0.1, 0.15) is 24.2 Å². The molecule has 11 heteroatoms. The van der Waals surface area contributed by atoms with Gasteiger partial charge in [-0.05, 0) is 26.0 Å². The van der Waals surface area contributed by atoms with Crippen molar-refractivity contribution in [3.63, 3.8) is 0 Å². The van der Waals surface area contributed by atoms with Crippen LogP contribution in [0.15, 0.2) is 30.6 Å². The average Bonchev–Trinajstić information content (AvgIpc) is 3.17. The molecule has 0 radical (unpaired) electrons. The zero-order valence-corrected chi connectivity index (χ0v) is 18.0. The molecule has 0 unspecified atom stereocenters. The number of carbonyl (C=O) groups excluding carboxylic acids is 1. The smallest absolute Gasteiger partial charge is 0.316 e. The van der Waals surface area contributed by atoms with E-state index in [2.05, 4.69) is 44.4 Å². The Kier molecular flexibility index (Phi) is 6.17. The highest BCUT2D eigenvalue weighted by molar-refractivity contribution is 6.13. The minimum Gasteiger partial charge on any atom is -0.467 e. The average molecular weight is 445 g/mol. The highest BCUT2D eigenvalue weighted by Gasteiger charge is 2.25. The maximum atomic E-state index is 13.0. The lowest BCUT2D eigenvalue weighted by molar-refractivity contribution is 0.102. The van der Waals surface area contributed by atoms with Crippen LogP contribution >= 0.6 is 0 Å². The highest BCUT2D eigenvalue weighted by atomic mass is 19.3. The molecule has 0 aliphatic carbocycles. The van der Waals surface area contributed by atoms with Gasteiger partial charge in [-0.2, -0.15) is 10.1 Å². The number of carbonyl (C=O) groups is 1. The van der Waals surface area contributed by atoms with Crippen LogP contribution in [-0.4, -0.2) is 64.4 Å². The van der Waals surface area contributed by atoms with E-state index < -0.39 is 18.9 Å². The fraction of sp³-hybridized carbons (Fsp3) is 0.429. The molecule has 0 spiro atoms. The number of halogens is 2. The summed E-state index contributed by atoms with van der Waals surface area (Å²) in [6, 6.07) is 5.81. The summed E-state index contributed by atoms with van der Waals surface area (Å²) in [7, 11) is 1.46. The van der Waals surface area contributed by atoms with Gasteiger partial charge in [-0.1, -0.05) is 0 Å². The van der Waals surface area contributed by atoms with Gasteiger partial charge in [-0.15, -0.1) is 0 Å². The van der Waals surface area contributed by atoms with Gasteiger partial charge in [-0.3, -0.25) is 9.48 Å². The van der Waals surface area contributed by atoms with Crippen LogP contribution in [-0.2, 0) is 6.54 Å². The van der Waals surface area contributed by atoms with Crippen molar-refractivity contribution in [2.24, 2.45) is 0 Å². The van der Waals surface area contributed by atoms with E-state index >= 15 is 0 Å². The van der Waals surface area contributed by atoms with Crippen molar-refractivity contribution in [1.82, 2.24) is 25.1 Å². The Labute approximate surface area is 183 Å². The molecule has 3 aromatic rings. The molecule has 9 nitrogen and oxygen atoms in total. The minimum atomic E-state index is -2.53. The molecule has 4 rings (SSSR count). The van der Waals surface area contributed by atoms with Gasteiger partial charge in [0.2, 0.25) is 0 Å². The van der Waals surface area contributed by atoms with Gasteiger partial charge < -0.3 is 20.3 Å². The van der Waals surface area contributed by atoms with Crippen molar-refractivity contribution in [2.75, 3.05) is 30.4 Å². The first-order valence-corrected chi connectivity index (χ1v) is 10.3. The molecule has 1 aliphatic heterocycles. The molecule has 0 saturated carbocycles. The molecule has 0 bridgehead atoms. The highest BCUT2D eigenvalue weighted by Crippen LogP contribution is 2.30. The summed E-state index contributed by atoms with van der Waals surface area (Å²) in [5.74, 6) is -0.273. The fourth-order valence-corrected chi connectivity index (χ4v) is 4.03. The van der Waals surface area contributed by atoms with Gasteiger partial charge in [0.25, 0.3) is 12.3 Å². The summed E-state index contributed by atoms with van der Waals surface area (Å²) in [4.78, 5) is 23.9. The van der Waals surface area contributed by atoms with Gasteiger partial charge in [0, 0.05) is 54.7 Å². The maximum absolute atomic E-state index is 13.0. The molecule has 3 heterocycles. The number of methoxy groups -OCH3 is 1. The molecule has 1 saturated heterocycles. The number of ether oxygens (including phenoxy) is 1. The van der Waals surface area contributed by atoms with E-state index in [-0.39, 0.29) is 11.8 Å². The number of benzene rings is 1. The normalized spacial score (nSPS) is 18.9. The van der Waals surface area contributed by atoms with Crippen molar-refractivity contribution in [3.05, 3.63) is 36.2 Å². The number of piperazine rings is 1. The zero-order chi connectivity index (χ0) is 22.8. The van der Waals surface area contributed by atoms with Crippen molar-refractivity contribution < 1.29 is 18.3 Å². The summed E-state index contributed by atoms with van der Waals surface area (Å²) < 4.78 is 31.4. The molecule has 1 aromatic carbocycles. The second kappa shape index (κ2) is 9.03. The van der Waals surface area contributed by atoms with Crippen LogP contribution in [0, 0.1) is 0 Å². The van der Waals surface area contributed by atoms with Crippen LogP contribution in [0.5, 0.6) is 6.01 Å². The number of nitrogens with one attached hydrogen (secondary N) is 2. The van der Waals surface area contributed by atoms with Crippen LogP contribution in [0.4, 0.5) is 20.3 Å². The summed E-state index contributed by atoms with van der Waals surface area (Å²) in [6.07, 6.45) is 0.512. The lowest BCUT2D eigenvalue weighted by Crippen LogP contribution is -2.54. The Morgan fingerprint density at radius 1 is 1.28 bits per heavy atom. The van der Waals surface area contributed by atoms with Crippen molar-refractivity contribution in [2.45, 2.75) is 38.9 Å². The van der Waals surface area contributed by atoms with Crippen LogP contribution in [0.25, 0.3) is 10.9 Å². The van der Waals surface area contributed by atoms with Gasteiger partial charge in [0.1, 0.15) is 6.54 Å². The Morgan fingerprint density at radius 3 is 2.72 bits per heavy atom. The third kappa shape index (κ3) is 4.62. The molecule has 2 atom stereocenters. The first kappa shape index (κ1) is 21.9. The Bertz CT molecular complexity index is 1110. The van der Waals surface area contributed by atoms with E-state index in [0.717, 1.165) is 28.8 Å². The molecule has 170 valence electrons. The van der Waals surface area contributed by atoms with Crippen molar-refractivity contribution >= 4 is 28.3 Å². The number of anilines is 2. The number of fused-ring (bicyclic) bond motifs is 1. The SMILES string of the molecule is COc1ncc2c(N3C[C@H](C)N[C@@H](C)C3)ccc(C(=O)Nc3ccn(CC(F)F)n3)c2n1. The number of hydrogen-bond donors (Lipinski definition) is 2. The quantitative estimate of drug-likeness (QED) is 0.602. The summed E-state index contributed by atoms with van der Waals surface area (Å²) in [5.41, 5.74) is 1.68. The molecule has 1 aliphatic rings. The standard InChI is InChI=1S/C21H25F2N7O2/c1-12-9-29(10-13(2)25-12)16-5-4-14(19-15(16)8-24-21(27-19)32-3)20(31)26-18-6-7-30(28-18)11-17(22)23/h4-8,12-13,17,25H,9-11H2,1-3H3,(H,26,28,31)/t12-,13-/m0/s1. The summed E-state index contributed by atoms with van der Waals surface area (Å²) in [6.45, 7) is 5.31. The van der Waals surface area contributed by atoms with Gasteiger partial charge in [-0.25, -0.2) is 13.8 Å². The Balaban J connectivity index is 1.68. The number of rotatable bonds is 6. The largest absolute Gasteiger partial charge is 0.467 e. The predicted molar refractivity (Wildman–Crippen MR) is 117 cm³/mol. The molecule has 1 amide bonds. The Hall–Kier alpha value is -3.34. The first-order valence-electron chi connectivity index (χ1n) is 10.3. The molecular formula is C21H25F2N7O2. The molecule has 1 fully saturated rings. The molecule has 2 N–H and O–H groups in total. The third-order valence-electron chi connectivity index (χ3n) is 5.24. The number of amides is 1. The van der Waals surface area contributed by atoms with E-state index in [1.54, 1.807) is 12.3 Å². The zero-order valence-electron chi connectivity index (χ0n) is 18.0. The van der Waals surface area contributed by atoms with Crippen LogP contribution < -0.4 is 20.3 Å². The van der Waals surface area contributed by atoms with Crippen LogP contribution in [0.3, 0.4) is 0 Å². The minimum absolute atomic E-state index is 0.145. The second-order valence-electron chi connectivity index (χ2n) is 7.89. The first-order chi connectivity index (χ1) is 15.3. The van der Waals surface area contributed by atoms with E-state index in [4.69, 9.17) is 4.74 Å². The van der Waals surface area contributed by atoms with E-state index in [9.17, 15) is 13.6 Å². The topological polar surface area (TPSA) is 97.2 Å². The van der Waals surface area contributed by atoms with Gasteiger partial charge in [0.15, 0.2) is 5.82 Å². The number of hydrogen-bond acceptors (Lipinski definition) is 7. The lowest BCUT2D eigenvalue weighted by atomic mass is 10.0. The fourth-order valence-electron chi connectivity index (χ4n) is 4.03. The summed E-state index contributed by atoms with van der Waals surface area (Å²) >= 11 is 0. The number of aromatic nitrogens is 4. The monoisotopic (exact) mass is 445 g/mol. The van der Waals surface area contributed by atoms with Crippen LogP contribution in [0.2, 0.25) is 0 Å². The van der Waals surface area contributed by atoms with Crippen molar-refractivity contribution in [1.29, 1.82) is 0 Å². The lowest BCUT2D eigenvalue weighted by Gasteiger charge is -2.38. The van der Waals surface area contributed by atoms with Crippen molar-refractivity contribution in [3.8, 4) is 6.01 Å². The summed E-state index contributed by atoms with van der Waals surface area (Å²) in [5, 5.41) is 10.9.